The molecule has 0 radical (unpaired) electrons. The molecule has 0 unspecified atom stereocenters. The van der Waals surface area contributed by atoms with Crippen molar-refractivity contribution in [2.75, 3.05) is 26.7 Å². The van der Waals surface area contributed by atoms with Gasteiger partial charge in [-0.15, -0.1) is 0 Å². The van der Waals surface area contributed by atoms with E-state index >= 15 is 0 Å². The third kappa shape index (κ3) is 4.89. The third-order valence-corrected chi connectivity index (χ3v) is 4.05. The van der Waals surface area contributed by atoms with Crippen LogP contribution in [-0.4, -0.2) is 54.0 Å². The van der Waals surface area contributed by atoms with Crippen molar-refractivity contribution in [2.45, 2.75) is 31.4 Å². The van der Waals surface area contributed by atoms with Gasteiger partial charge in [-0.3, -0.25) is 0 Å². The highest BCUT2D eigenvalue weighted by atomic mass is 16.5. The van der Waals surface area contributed by atoms with Crippen LogP contribution in [-0.2, 0) is 0 Å². The summed E-state index contributed by atoms with van der Waals surface area (Å²) in [6, 6.07) is 7.81. The Bertz CT molecular complexity index is 495. The van der Waals surface area contributed by atoms with Gasteiger partial charge in [0.25, 0.3) is 0 Å². The van der Waals surface area contributed by atoms with Crippen molar-refractivity contribution in [3.8, 4) is 5.75 Å². The van der Waals surface area contributed by atoms with Crippen molar-refractivity contribution in [3.05, 3.63) is 29.8 Å². The molecule has 6 heteroatoms. The van der Waals surface area contributed by atoms with Crippen LogP contribution in [0.2, 0.25) is 0 Å². The number of hydrogen-bond donors (Lipinski definition) is 3. The molecule has 2 atom stereocenters. The first kappa shape index (κ1) is 16.6. The van der Waals surface area contributed by atoms with Gasteiger partial charge in [0.2, 0.25) is 0 Å². The molecule has 0 aliphatic carbocycles. The Morgan fingerprint density at radius 2 is 2.36 bits per heavy atom. The van der Waals surface area contributed by atoms with Crippen LogP contribution < -0.4 is 10.1 Å². The molecule has 6 nitrogen and oxygen atoms in total. The zero-order chi connectivity index (χ0) is 15.9. The molecule has 1 aliphatic rings. The Hall–Kier alpha value is -1.79. The number of nitrogens with one attached hydrogen (secondary N) is 1. The standard InChI is InChI=1S/C16H24N2O4/c1-18-9-3-5-13(18)11-22-14-6-2-4-12(10-14)15(19)7-8-17-16(20)21/h2,4,6,10,13,15,17,19H,3,5,7-9,11H2,1H3,(H,20,21)/t13-,15+/m0/s1. The minimum absolute atomic E-state index is 0.217. The zero-order valence-electron chi connectivity index (χ0n) is 12.9. The lowest BCUT2D eigenvalue weighted by atomic mass is 10.1. The number of nitrogens with zero attached hydrogens (tertiary/aromatic N) is 1. The van der Waals surface area contributed by atoms with Crippen LogP contribution in [0.25, 0.3) is 0 Å². The van der Waals surface area contributed by atoms with Crippen LogP contribution in [0.15, 0.2) is 24.3 Å². The van der Waals surface area contributed by atoms with Crippen LogP contribution in [0.4, 0.5) is 4.79 Å². The van der Waals surface area contributed by atoms with Crippen LogP contribution >= 0.6 is 0 Å². The molecule has 1 aromatic carbocycles. The van der Waals surface area contributed by atoms with Crippen molar-refractivity contribution < 1.29 is 19.7 Å². The quantitative estimate of drug-likeness (QED) is 0.716. The summed E-state index contributed by atoms with van der Waals surface area (Å²) in [6.45, 7) is 1.98. The number of aliphatic hydroxyl groups excluding tert-OH is 1. The lowest BCUT2D eigenvalue weighted by Crippen LogP contribution is -2.30. The average Bonchev–Trinajstić information content (AvgIpc) is 2.90. The number of carbonyl (C=O) groups is 1. The molecular formula is C16H24N2O4. The predicted molar refractivity (Wildman–Crippen MR) is 83.2 cm³/mol. The summed E-state index contributed by atoms with van der Waals surface area (Å²) in [5.74, 6) is 0.739. The average molecular weight is 308 g/mol. The lowest BCUT2D eigenvalue weighted by molar-refractivity contribution is 0.161. The van der Waals surface area contributed by atoms with Gasteiger partial charge in [0.05, 0.1) is 6.10 Å². The maximum Gasteiger partial charge on any atom is 0.404 e. The summed E-state index contributed by atoms with van der Waals surface area (Å²) in [4.78, 5) is 12.7. The molecule has 1 aromatic rings. The van der Waals surface area contributed by atoms with Gasteiger partial charge >= 0.3 is 6.09 Å². The topological polar surface area (TPSA) is 82.0 Å². The molecule has 0 aromatic heterocycles. The number of ether oxygens (including phenoxy) is 1. The number of aliphatic hydroxyl groups is 1. The molecule has 1 saturated heterocycles. The van der Waals surface area contributed by atoms with Gasteiger partial charge in [-0.25, -0.2) is 4.79 Å². The molecule has 0 saturated carbocycles. The van der Waals surface area contributed by atoms with Crippen molar-refractivity contribution in [3.63, 3.8) is 0 Å². The summed E-state index contributed by atoms with van der Waals surface area (Å²) >= 11 is 0. The molecule has 1 heterocycles. The van der Waals surface area contributed by atoms with Crippen molar-refractivity contribution in [1.29, 1.82) is 0 Å². The monoisotopic (exact) mass is 308 g/mol. The van der Waals surface area contributed by atoms with Crippen LogP contribution in [0.3, 0.4) is 0 Å². The van der Waals surface area contributed by atoms with E-state index in [4.69, 9.17) is 9.84 Å². The van der Waals surface area contributed by atoms with E-state index in [-0.39, 0.29) is 6.54 Å². The Kier molecular flexibility index (Phi) is 6.03. The maximum atomic E-state index is 10.4. The Balaban J connectivity index is 1.84. The van der Waals surface area contributed by atoms with Crippen LogP contribution in [0.5, 0.6) is 5.75 Å². The minimum Gasteiger partial charge on any atom is -0.492 e. The van der Waals surface area contributed by atoms with Crippen LogP contribution in [0.1, 0.15) is 30.9 Å². The summed E-state index contributed by atoms with van der Waals surface area (Å²) in [7, 11) is 2.11. The molecule has 1 aliphatic heterocycles. The van der Waals surface area contributed by atoms with E-state index in [1.807, 2.05) is 24.3 Å². The Morgan fingerprint density at radius 1 is 1.55 bits per heavy atom. The molecule has 2 rings (SSSR count). The predicted octanol–water partition coefficient (Wildman–Crippen LogP) is 1.85. The van der Waals surface area contributed by atoms with E-state index < -0.39 is 12.2 Å². The fourth-order valence-electron chi connectivity index (χ4n) is 2.68. The summed E-state index contributed by atoms with van der Waals surface area (Å²) in [6.07, 6.45) is 0.912. The van der Waals surface area contributed by atoms with E-state index in [2.05, 4.69) is 17.3 Å². The van der Waals surface area contributed by atoms with Gasteiger partial charge in [0, 0.05) is 12.6 Å². The second-order valence-corrected chi connectivity index (χ2v) is 5.70. The van der Waals surface area contributed by atoms with Gasteiger partial charge in [0.15, 0.2) is 0 Å². The summed E-state index contributed by atoms with van der Waals surface area (Å²) in [5, 5.41) is 20.9. The normalized spacial score (nSPS) is 19.8. The van der Waals surface area contributed by atoms with Gasteiger partial charge in [-0.2, -0.15) is 0 Å². The molecule has 0 bridgehead atoms. The number of rotatable bonds is 7. The molecule has 3 N–H and O–H groups in total. The van der Waals surface area contributed by atoms with Gasteiger partial charge < -0.3 is 25.2 Å². The highest BCUT2D eigenvalue weighted by Gasteiger charge is 2.21. The largest absolute Gasteiger partial charge is 0.492 e. The SMILES string of the molecule is CN1CCC[C@H]1COc1cccc([C@H](O)CCNC(=O)O)c1. The molecule has 1 amide bonds. The van der Waals surface area contributed by atoms with E-state index in [0.717, 1.165) is 24.3 Å². The Morgan fingerprint density at radius 3 is 3.05 bits per heavy atom. The number of likely N-dealkylation sites (tertiary alicyclic amines) is 1. The van der Waals surface area contributed by atoms with Gasteiger partial charge in [-0.05, 0) is 50.6 Å². The fraction of sp³-hybridized carbons (Fsp3) is 0.562. The lowest BCUT2D eigenvalue weighted by Gasteiger charge is -2.20. The number of benzene rings is 1. The molecule has 1 fully saturated rings. The first-order valence-electron chi connectivity index (χ1n) is 7.64. The van der Waals surface area contributed by atoms with E-state index in [1.54, 1.807) is 0 Å². The smallest absolute Gasteiger partial charge is 0.404 e. The second kappa shape index (κ2) is 8.00. The second-order valence-electron chi connectivity index (χ2n) is 5.70. The maximum absolute atomic E-state index is 10.4. The molecule has 22 heavy (non-hydrogen) atoms. The molecule has 122 valence electrons. The summed E-state index contributed by atoms with van der Waals surface area (Å²) < 4.78 is 5.83. The first-order valence-corrected chi connectivity index (χ1v) is 7.64. The van der Waals surface area contributed by atoms with Crippen molar-refractivity contribution >= 4 is 6.09 Å². The van der Waals surface area contributed by atoms with Crippen LogP contribution in [0, 0.1) is 0 Å². The zero-order valence-corrected chi connectivity index (χ0v) is 12.9. The van der Waals surface area contributed by atoms with E-state index in [1.165, 1.54) is 6.42 Å². The Labute approximate surface area is 130 Å². The highest BCUT2D eigenvalue weighted by molar-refractivity contribution is 5.64. The molecule has 0 spiro atoms. The molecular weight excluding hydrogens is 284 g/mol. The highest BCUT2D eigenvalue weighted by Crippen LogP contribution is 2.22. The van der Waals surface area contributed by atoms with Crippen molar-refractivity contribution in [1.82, 2.24) is 10.2 Å². The van der Waals surface area contributed by atoms with Gasteiger partial charge in [0.1, 0.15) is 12.4 Å². The van der Waals surface area contributed by atoms with Crippen molar-refractivity contribution in [2.24, 2.45) is 0 Å². The minimum atomic E-state index is -1.08. The number of carboxylic acid groups (broad SMARTS) is 1. The number of amides is 1. The number of hydrogen-bond acceptors (Lipinski definition) is 4. The third-order valence-electron chi connectivity index (χ3n) is 4.05. The summed E-state index contributed by atoms with van der Waals surface area (Å²) in [5.41, 5.74) is 0.740. The first-order chi connectivity index (χ1) is 10.6. The van der Waals surface area contributed by atoms with E-state index in [9.17, 15) is 9.90 Å². The van der Waals surface area contributed by atoms with Gasteiger partial charge in [-0.1, -0.05) is 12.1 Å². The fourth-order valence-corrected chi connectivity index (χ4v) is 2.68. The number of likely N-dealkylation sites (N-methyl/N-ethyl adjacent to an activating group) is 1. The van der Waals surface area contributed by atoms with E-state index in [0.29, 0.717) is 19.1 Å².